The van der Waals surface area contributed by atoms with Crippen LogP contribution in [-0.2, 0) is 11.2 Å². The van der Waals surface area contributed by atoms with Crippen LogP contribution in [0.25, 0.3) is 0 Å². The summed E-state index contributed by atoms with van der Waals surface area (Å²) in [6.07, 6.45) is 1.18. The van der Waals surface area contributed by atoms with Gasteiger partial charge in [0.2, 0.25) is 5.91 Å². The Bertz CT molecular complexity index is 569. The fourth-order valence-corrected chi connectivity index (χ4v) is 2.83. The minimum atomic E-state index is -0.00596. The third-order valence-electron chi connectivity index (χ3n) is 3.00. The van der Waals surface area contributed by atoms with Crippen LogP contribution in [0.1, 0.15) is 18.2 Å². The molecule has 0 bridgehead atoms. The molecule has 0 aliphatic carbocycles. The highest BCUT2D eigenvalue weighted by molar-refractivity contribution is 7.09. The number of carbonyl (C=O) groups excluding carboxylic acids is 1. The minimum absolute atomic E-state index is 0.00596. The van der Waals surface area contributed by atoms with Crippen LogP contribution in [-0.4, -0.2) is 18.6 Å². The van der Waals surface area contributed by atoms with Crippen molar-refractivity contribution in [2.45, 2.75) is 25.8 Å². The number of anilines is 1. The van der Waals surface area contributed by atoms with Crippen LogP contribution in [0.3, 0.4) is 0 Å². The Morgan fingerprint density at radius 3 is 2.86 bits per heavy atom. The molecule has 3 N–H and O–H groups in total. The van der Waals surface area contributed by atoms with Crippen molar-refractivity contribution in [1.29, 1.82) is 0 Å². The molecule has 0 fully saturated rings. The Morgan fingerprint density at radius 2 is 2.14 bits per heavy atom. The second-order valence-electron chi connectivity index (χ2n) is 4.89. The lowest BCUT2D eigenvalue weighted by molar-refractivity contribution is -0.122. The van der Waals surface area contributed by atoms with E-state index in [1.807, 2.05) is 30.5 Å². The summed E-state index contributed by atoms with van der Waals surface area (Å²) in [5.74, 6) is 0.616. The highest BCUT2D eigenvalue weighted by atomic mass is 32.1. The van der Waals surface area contributed by atoms with E-state index in [1.165, 1.54) is 4.88 Å². The van der Waals surface area contributed by atoms with Gasteiger partial charge in [-0.15, -0.1) is 11.3 Å². The smallest absolute Gasteiger partial charge is 0.223 e. The Hall–Kier alpha value is -2.01. The van der Waals surface area contributed by atoms with Gasteiger partial charge in [0, 0.05) is 17.3 Å². The number of rotatable bonds is 7. The highest BCUT2D eigenvalue weighted by Gasteiger charge is 2.09. The van der Waals surface area contributed by atoms with Gasteiger partial charge in [-0.3, -0.25) is 4.79 Å². The number of thiophene rings is 1. The van der Waals surface area contributed by atoms with E-state index >= 15 is 0 Å². The molecule has 0 spiro atoms. The van der Waals surface area contributed by atoms with E-state index < -0.39 is 0 Å². The zero-order valence-electron chi connectivity index (χ0n) is 12.0. The number of nitrogens with one attached hydrogen (secondary N) is 1. The molecule has 0 aliphatic rings. The van der Waals surface area contributed by atoms with Crippen molar-refractivity contribution in [2.24, 2.45) is 0 Å². The molecule has 1 heterocycles. The molecule has 5 heteroatoms. The maximum atomic E-state index is 11.8. The number of hydrogen-bond donors (Lipinski definition) is 2. The number of benzene rings is 1. The predicted molar refractivity (Wildman–Crippen MR) is 86.6 cm³/mol. The number of amides is 1. The van der Waals surface area contributed by atoms with Crippen molar-refractivity contribution in [2.75, 3.05) is 12.3 Å². The third-order valence-corrected chi connectivity index (χ3v) is 3.90. The average Bonchev–Trinajstić information content (AvgIpc) is 2.93. The lowest BCUT2D eigenvalue weighted by atomic mass is 10.2. The molecular weight excluding hydrogens is 284 g/mol. The van der Waals surface area contributed by atoms with Gasteiger partial charge in [-0.25, -0.2) is 0 Å². The molecule has 1 unspecified atom stereocenters. The van der Waals surface area contributed by atoms with E-state index in [4.69, 9.17) is 10.5 Å². The van der Waals surface area contributed by atoms with Crippen LogP contribution in [0, 0.1) is 0 Å². The largest absolute Gasteiger partial charge is 0.491 e. The Kier molecular flexibility index (Phi) is 5.63. The Morgan fingerprint density at radius 1 is 1.33 bits per heavy atom. The van der Waals surface area contributed by atoms with E-state index in [2.05, 4.69) is 11.4 Å². The Balaban J connectivity index is 1.69. The van der Waals surface area contributed by atoms with E-state index in [-0.39, 0.29) is 11.9 Å². The molecule has 0 saturated heterocycles. The van der Waals surface area contributed by atoms with E-state index in [0.29, 0.717) is 24.5 Å². The third kappa shape index (κ3) is 5.11. The van der Waals surface area contributed by atoms with Crippen molar-refractivity contribution in [1.82, 2.24) is 5.32 Å². The highest BCUT2D eigenvalue weighted by Crippen LogP contribution is 2.19. The summed E-state index contributed by atoms with van der Waals surface area (Å²) in [7, 11) is 0. The first-order chi connectivity index (χ1) is 10.1. The molecule has 112 valence electrons. The molecule has 2 rings (SSSR count). The number of carbonyl (C=O) groups is 1. The fraction of sp³-hybridized carbons (Fsp3) is 0.312. The average molecular weight is 304 g/mol. The zero-order chi connectivity index (χ0) is 15.1. The van der Waals surface area contributed by atoms with Crippen LogP contribution in [0.2, 0.25) is 0 Å². The van der Waals surface area contributed by atoms with Crippen molar-refractivity contribution in [3.05, 3.63) is 46.7 Å². The molecule has 0 radical (unpaired) electrons. The van der Waals surface area contributed by atoms with Crippen molar-refractivity contribution >= 4 is 22.9 Å². The summed E-state index contributed by atoms with van der Waals surface area (Å²) in [6, 6.07) is 11.5. The molecule has 0 saturated carbocycles. The summed E-state index contributed by atoms with van der Waals surface area (Å²) in [6.45, 7) is 2.33. The first-order valence-corrected chi connectivity index (χ1v) is 7.82. The van der Waals surface area contributed by atoms with Crippen LogP contribution >= 0.6 is 11.3 Å². The minimum Gasteiger partial charge on any atom is -0.491 e. The summed E-state index contributed by atoms with van der Waals surface area (Å²) >= 11 is 1.71. The van der Waals surface area contributed by atoms with Crippen molar-refractivity contribution in [3.63, 3.8) is 0 Å². The topological polar surface area (TPSA) is 64.3 Å². The van der Waals surface area contributed by atoms with E-state index in [0.717, 1.165) is 6.42 Å². The van der Waals surface area contributed by atoms with Crippen molar-refractivity contribution in [3.8, 4) is 5.75 Å². The number of para-hydroxylation sites is 2. The molecule has 4 nitrogen and oxygen atoms in total. The fourth-order valence-electron chi connectivity index (χ4n) is 1.99. The molecule has 2 aromatic rings. The molecule has 1 aromatic carbocycles. The van der Waals surface area contributed by atoms with Crippen molar-refractivity contribution < 1.29 is 9.53 Å². The summed E-state index contributed by atoms with van der Waals surface area (Å²) in [4.78, 5) is 13.1. The quantitative estimate of drug-likeness (QED) is 0.773. The number of nitrogen functional groups attached to an aromatic ring is 1. The van der Waals surface area contributed by atoms with Gasteiger partial charge in [0.05, 0.1) is 18.7 Å². The standard InChI is InChI=1S/C16H20N2O2S/c1-12(11-13-5-4-10-21-13)18-16(19)8-9-20-15-7-3-2-6-14(15)17/h2-7,10,12H,8-9,11,17H2,1H3,(H,18,19). The molecule has 1 atom stereocenters. The van der Waals surface area contributed by atoms with Gasteiger partial charge in [0.1, 0.15) is 5.75 Å². The molecular formula is C16H20N2O2S. The van der Waals surface area contributed by atoms with Gasteiger partial charge in [-0.2, -0.15) is 0 Å². The normalized spacial score (nSPS) is 11.9. The van der Waals surface area contributed by atoms with Crippen LogP contribution in [0.4, 0.5) is 5.69 Å². The summed E-state index contributed by atoms with van der Waals surface area (Å²) in [5.41, 5.74) is 6.36. The molecule has 1 aromatic heterocycles. The maximum absolute atomic E-state index is 11.8. The van der Waals surface area contributed by atoms with Gasteiger partial charge < -0.3 is 15.8 Å². The summed E-state index contributed by atoms with van der Waals surface area (Å²) < 4.78 is 5.51. The number of nitrogens with two attached hydrogens (primary N) is 1. The molecule has 21 heavy (non-hydrogen) atoms. The predicted octanol–water partition coefficient (Wildman–Crippen LogP) is 2.85. The lowest BCUT2D eigenvalue weighted by Gasteiger charge is -2.13. The monoisotopic (exact) mass is 304 g/mol. The maximum Gasteiger partial charge on any atom is 0.223 e. The number of hydrogen-bond acceptors (Lipinski definition) is 4. The van der Waals surface area contributed by atoms with E-state index in [1.54, 1.807) is 23.5 Å². The second-order valence-corrected chi connectivity index (χ2v) is 5.92. The van der Waals surface area contributed by atoms with E-state index in [9.17, 15) is 4.79 Å². The van der Waals surface area contributed by atoms with Gasteiger partial charge in [0.15, 0.2) is 0 Å². The summed E-state index contributed by atoms with van der Waals surface area (Å²) in [5, 5.41) is 5.02. The van der Waals surface area contributed by atoms with Crippen LogP contribution in [0.15, 0.2) is 41.8 Å². The second kappa shape index (κ2) is 7.69. The van der Waals surface area contributed by atoms with Crippen LogP contribution in [0.5, 0.6) is 5.75 Å². The van der Waals surface area contributed by atoms with Gasteiger partial charge in [-0.1, -0.05) is 18.2 Å². The van der Waals surface area contributed by atoms with Gasteiger partial charge in [-0.05, 0) is 30.5 Å². The first kappa shape index (κ1) is 15.4. The number of ether oxygens (including phenoxy) is 1. The van der Waals surface area contributed by atoms with Gasteiger partial charge in [0.25, 0.3) is 0 Å². The zero-order valence-corrected chi connectivity index (χ0v) is 12.9. The van der Waals surface area contributed by atoms with Crippen LogP contribution < -0.4 is 15.8 Å². The molecule has 0 aliphatic heterocycles. The first-order valence-electron chi connectivity index (χ1n) is 6.94. The molecule has 1 amide bonds. The lowest BCUT2D eigenvalue weighted by Crippen LogP contribution is -2.34. The van der Waals surface area contributed by atoms with Gasteiger partial charge >= 0.3 is 0 Å². The Labute approximate surface area is 128 Å². The SMILES string of the molecule is CC(Cc1cccs1)NC(=O)CCOc1ccccc1N.